The van der Waals surface area contributed by atoms with E-state index < -0.39 is 17.9 Å². The zero-order valence-corrected chi connectivity index (χ0v) is 20.7. The smallest absolute Gasteiger partial charge is 0.322 e. The minimum Gasteiger partial charge on any atom is -0.491 e. The van der Waals surface area contributed by atoms with Crippen molar-refractivity contribution in [1.29, 1.82) is 0 Å². The number of rotatable bonds is 13. The van der Waals surface area contributed by atoms with E-state index in [2.05, 4.69) is 15.5 Å². The molecule has 1 fully saturated rings. The lowest BCUT2D eigenvalue weighted by atomic mass is 10.2. The van der Waals surface area contributed by atoms with Crippen LogP contribution in [0.1, 0.15) is 12.8 Å². The maximum absolute atomic E-state index is 11.2. The van der Waals surface area contributed by atoms with E-state index in [0.29, 0.717) is 70.4 Å². The van der Waals surface area contributed by atoms with Crippen LogP contribution in [0.3, 0.4) is 0 Å². The minimum atomic E-state index is -0.948. The molecular formula is C24H39N5O7. The topological polar surface area (TPSA) is 155 Å². The van der Waals surface area contributed by atoms with Gasteiger partial charge in [0, 0.05) is 52.4 Å². The average Bonchev–Trinajstić information content (AvgIpc) is 2.81. The first-order valence-corrected chi connectivity index (χ1v) is 12.3. The van der Waals surface area contributed by atoms with E-state index in [-0.39, 0.29) is 19.6 Å². The fourth-order valence-corrected chi connectivity index (χ4v) is 3.95. The largest absolute Gasteiger partial charge is 0.491 e. The summed E-state index contributed by atoms with van der Waals surface area (Å²) in [5, 5.41) is 33.4. The molecule has 0 bridgehead atoms. The predicted octanol–water partition coefficient (Wildman–Crippen LogP) is 0.0205. The number of hydrogen-bond acceptors (Lipinski definition) is 9. The first-order chi connectivity index (χ1) is 17.3. The molecule has 0 aliphatic carbocycles. The van der Waals surface area contributed by atoms with E-state index in [1.54, 1.807) is 12.1 Å². The molecule has 1 saturated heterocycles. The van der Waals surface area contributed by atoms with Gasteiger partial charge in [0.05, 0.1) is 25.4 Å². The third-order valence-electron chi connectivity index (χ3n) is 5.84. The van der Waals surface area contributed by atoms with Crippen LogP contribution in [0.15, 0.2) is 24.3 Å². The van der Waals surface area contributed by atoms with E-state index >= 15 is 0 Å². The predicted molar refractivity (Wildman–Crippen MR) is 135 cm³/mol. The summed E-state index contributed by atoms with van der Waals surface area (Å²) in [4.78, 5) is 39.4. The number of hydrogen-bond donors (Lipinski definition) is 5. The summed E-state index contributed by atoms with van der Waals surface area (Å²) < 4.78 is 5.86. The van der Waals surface area contributed by atoms with Crippen molar-refractivity contribution in [2.75, 3.05) is 90.5 Å². The Hall–Kier alpha value is -2.93. The van der Waals surface area contributed by atoms with Crippen molar-refractivity contribution in [3.05, 3.63) is 24.3 Å². The summed E-state index contributed by atoms with van der Waals surface area (Å²) >= 11 is 0. The Kier molecular flexibility index (Phi) is 13.6. The summed E-state index contributed by atoms with van der Waals surface area (Å²) in [7, 11) is 0. The number of benzene rings is 1. The highest BCUT2D eigenvalue weighted by atomic mass is 16.5. The minimum absolute atomic E-state index is 0.0101. The summed E-state index contributed by atoms with van der Waals surface area (Å²) in [5.41, 5.74) is 0.634. The lowest BCUT2D eigenvalue weighted by molar-refractivity contribution is -0.139. The molecule has 1 aliphatic heterocycles. The van der Waals surface area contributed by atoms with Crippen molar-refractivity contribution in [2.45, 2.75) is 12.8 Å². The van der Waals surface area contributed by atoms with E-state index in [1.807, 2.05) is 21.9 Å². The highest BCUT2D eigenvalue weighted by Gasteiger charge is 2.16. The van der Waals surface area contributed by atoms with E-state index in [4.69, 9.17) is 9.84 Å². The van der Waals surface area contributed by atoms with Gasteiger partial charge in [-0.15, -0.1) is 0 Å². The van der Waals surface area contributed by atoms with E-state index in [0.717, 1.165) is 19.4 Å². The fraction of sp³-hybridized carbons (Fsp3) is 0.625. The first-order valence-electron chi connectivity index (χ1n) is 12.3. The van der Waals surface area contributed by atoms with Gasteiger partial charge in [0.2, 0.25) is 0 Å². The Morgan fingerprint density at radius 2 is 1.39 bits per heavy atom. The van der Waals surface area contributed by atoms with Gasteiger partial charge in [0.25, 0.3) is 0 Å². The molecule has 202 valence electrons. The number of unbranched alkanes of at least 4 members (excludes halogenated alkanes) is 1. The molecule has 5 N–H and O–H groups in total. The van der Waals surface area contributed by atoms with Crippen LogP contribution in [0.4, 0.5) is 5.69 Å². The van der Waals surface area contributed by atoms with Crippen molar-refractivity contribution in [3.8, 4) is 5.75 Å². The van der Waals surface area contributed by atoms with Gasteiger partial charge >= 0.3 is 17.9 Å². The molecule has 1 aromatic carbocycles. The highest BCUT2D eigenvalue weighted by Crippen LogP contribution is 2.23. The van der Waals surface area contributed by atoms with Gasteiger partial charge in [-0.3, -0.25) is 24.2 Å². The normalized spacial score (nSPS) is 17.0. The van der Waals surface area contributed by atoms with Crippen molar-refractivity contribution in [1.82, 2.24) is 20.0 Å². The van der Waals surface area contributed by atoms with Gasteiger partial charge in [-0.1, -0.05) is 12.1 Å². The van der Waals surface area contributed by atoms with Gasteiger partial charge in [-0.05, 0) is 31.5 Å². The van der Waals surface area contributed by atoms with Crippen LogP contribution >= 0.6 is 0 Å². The second-order valence-corrected chi connectivity index (χ2v) is 8.73. The molecule has 12 nitrogen and oxygen atoms in total. The van der Waals surface area contributed by atoms with Crippen molar-refractivity contribution in [3.63, 3.8) is 0 Å². The van der Waals surface area contributed by atoms with Gasteiger partial charge in [0.15, 0.2) is 0 Å². The summed E-state index contributed by atoms with van der Waals surface area (Å²) in [6.45, 7) is 6.18. The molecule has 1 heterocycles. The Balaban J connectivity index is 1.87. The van der Waals surface area contributed by atoms with Crippen LogP contribution in [-0.4, -0.2) is 133 Å². The summed E-state index contributed by atoms with van der Waals surface area (Å²) in [5.74, 6) is -2.05. The zero-order valence-electron chi connectivity index (χ0n) is 20.7. The zero-order chi connectivity index (χ0) is 26.2. The van der Waals surface area contributed by atoms with E-state index in [1.165, 1.54) is 0 Å². The number of anilines is 1. The molecule has 1 aromatic rings. The van der Waals surface area contributed by atoms with Crippen LogP contribution in [0.5, 0.6) is 5.75 Å². The number of carboxylic acid groups (broad SMARTS) is 3. The quantitative estimate of drug-likeness (QED) is 0.228. The van der Waals surface area contributed by atoms with Crippen molar-refractivity contribution < 1.29 is 34.4 Å². The number of nitrogens with one attached hydrogen (secondary N) is 2. The molecule has 0 spiro atoms. The summed E-state index contributed by atoms with van der Waals surface area (Å²) in [6, 6.07) is 7.21. The average molecular weight is 510 g/mol. The molecule has 1 aliphatic rings. The molecule has 0 aromatic heterocycles. The van der Waals surface area contributed by atoms with Crippen LogP contribution in [0.25, 0.3) is 0 Å². The molecule has 0 unspecified atom stereocenters. The van der Waals surface area contributed by atoms with Gasteiger partial charge < -0.3 is 35.6 Å². The molecule has 2 rings (SSSR count). The van der Waals surface area contributed by atoms with Crippen molar-refractivity contribution >= 4 is 23.6 Å². The maximum atomic E-state index is 11.2. The highest BCUT2D eigenvalue weighted by molar-refractivity contribution is 5.74. The first kappa shape index (κ1) is 29.3. The number of carbonyl (C=O) groups is 3. The van der Waals surface area contributed by atoms with Gasteiger partial charge in [-0.25, -0.2) is 0 Å². The van der Waals surface area contributed by atoms with Crippen LogP contribution in [0.2, 0.25) is 0 Å². The molecule has 0 amide bonds. The Morgan fingerprint density at radius 3 is 1.97 bits per heavy atom. The second kappa shape index (κ2) is 16.7. The Bertz CT molecular complexity index is 796. The lowest BCUT2D eigenvalue weighted by Gasteiger charge is -2.30. The number of para-hydroxylation sites is 2. The third-order valence-corrected chi connectivity index (χ3v) is 5.84. The fourth-order valence-electron chi connectivity index (χ4n) is 3.95. The van der Waals surface area contributed by atoms with Crippen LogP contribution in [0, 0.1) is 0 Å². The van der Waals surface area contributed by atoms with E-state index in [9.17, 15) is 24.6 Å². The second-order valence-electron chi connectivity index (χ2n) is 8.73. The molecule has 0 radical (unpaired) electrons. The standard InChI is InChI=1S/C24H39N5O7/c30-22(31)17-26-20-5-1-2-6-21(20)36-16-4-3-9-27-12-14-28(18-23(32)33)10-7-25-8-11-29(15-13-27)19-24(34)35/h1-2,5-6,25-26H,3-4,7-19H2,(H,30,31)(H,32,33)(H,34,35). The third kappa shape index (κ3) is 12.7. The number of aliphatic carboxylic acids is 3. The molecular weight excluding hydrogens is 470 g/mol. The van der Waals surface area contributed by atoms with Crippen LogP contribution < -0.4 is 15.4 Å². The lowest BCUT2D eigenvalue weighted by Crippen LogP contribution is -2.46. The number of carboxylic acids is 3. The maximum Gasteiger partial charge on any atom is 0.322 e. The monoisotopic (exact) mass is 509 g/mol. The molecule has 0 saturated carbocycles. The van der Waals surface area contributed by atoms with Gasteiger partial charge in [-0.2, -0.15) is 0 Å². The molecule has 36 heavy (non-hydrogen) atoms. The number of nitrogens with zero attached hydrogens (tertiary/aromatic N) is 3. The SMILES string of the molecule is O=C(O)CNc1ccccc1OCCCCN1CCN(CC(=O)O)CCNCCN(CC(=O)O)CC1. The number of ether oxygens (including phenoxy) is 1. The van der Waals surface area contributed by atoms with Gasteiger partial charge in [0.1, 0.15) is 12.3 Å². The summed E-state index contributed by atoms with van der Waals surface area (Å²) in [6.07, 6.45) is 1.63. The van der Waals surface area contributed by atoms with Crippen LogP contribution in [-0.2, 0) is 14.4 Å². The Morgan fingerprint density at radius 1 is 0.806 bits per heavy atom. The Labute approximate surface area is 211 Å². The van der Waals surface area contributed by atoms with Crippen molar-refractivity contribution in [2.24, 2.45) is 0 Å². The molecule has 0 atom stereocenters. The molecule has 12 heteroatoms.